The van der Waals surface area contributed by atoms with Crippen LogP contribution < -0.4 is 14.2 Å². The van der Waals surface area contributed by atoms with Gasteiger partial charge < -0.3 is 19.1 Å². The van der Waals surface area contributed by atoms with Crippen molar-refractivity contribution in [2.45, 2.75) is 26.5 Å². The van der Waals surface area contributed by atoms with Gasteiger partial charge in [-0.05, 0) is 61.4 Å². The number of halogens is 1. The molecule has 5 nitrogen and oxygen atoms in total. The number of hydrogen-bond acceptors (Lipinski definition) is 4. The number of aryl methyl sites for hydroxylation is 1. The lowest BCUT2D eigenvalue weighted by molar-refractivity contribution is -0.137. The highest BCUT2D eigenvalue weighted by molar-refractivity contribution is 9.10. The molecule has 2 aromatic carbocycles. The zero-order valence-electron chi connectivity index (χ0n) is 15.7. The van der Waals surface area contributed by atoms with Gasteiger partial charge in [-0.25, -0.2) is 0 Å². The highest BCUT2D eigenvalue weighted by Crippen LogP contribution is 2.30. The first-order valence-corrected chi connectivity index (χ1v) is 9.03. The third kappa shape index (κ3) is 4.91. The van der Waals surface area contributed by atoms with Gasteiger partial charge in [0.25, 0.3) is 5.91 Å². The summed E-state index contributed by atoms with van der Waals surface area (Å²) in [6, 6.07) is 11.2. The van der Waals surface area contributed by atoms with Gasteiger partial charge in [-0.1, -0.05) is 15.9 Å². The average molecular weight is 422 g/mol. The topological polar surface area (TPSA) is 48.0 Å². The summed E-state index contributed by atoms with van der Waals surface area (Å²) < 4.78 is 17.4. The van der Waals surface area contributed by atoms with E-state index in [1.165, 1.54) is 0 Å². The molecule has 0 fully saturated rings. The maximum Gasteiger partial charge on any atom is 0.263 e. The summed E-state index contributed by atoms with van der Waals surface area (Å²) in [6.45, 7) is 4.19. The Labute approximate surface area is 163 Å². The van der Waals surface area contributed by atoms with E-state index < -0.39 is 6.10 Å². The van der Waals surface area contributed by atoms with Gasteiger partial charge >= 0.3 is 0 Å². The smallest absolute Gasteiger partial charge is 0.263 e. The Balaban J connectivity index is 2.07. The van der Waals surface area contributed by atoms with Crippen molar-refractivity contribution in [3.63, 3.8) is 0 Å². The number of carbonyl (C=O) groups excluding carboxylic acids is 1. The van der Waals surface area contributed by atoms with E-state index in [2.05, 4.69) is 15.9 Å². The summed E-state index contributed by atoms with van der Waals surface area (Å²) in [5.74, 6) is 1.88. The number of carbonyl (C=O) groups is 1. The Bertz CT molecular complexity index is 761. The van der Waals surface area contributed by atoms with Crippen molar-refractivity contribution in [1.29, 1.82) is 0 Å². The second-order valence-corrected chi connectivity index (χ2v) is 6.96. The third-order valence-electron chi connectivity index (χ3n) is 4.10. The minimum atomic E-state index is -0.582. The van der Waals surface area contributed by atoms with Crippen LogP contribution >= 0.6 is 15.9 Å². The van der Waals surface area contributed by atoms with Gasteiger partial charge in [-0.2, -0.15) is 0 Å². The molecule has 0 unspecified atom stereocenters. The largest absolute Gasteiger partial charge is 0.493 e. The van der Waals surface area contributed by atoms with Crippen LogP contribution in [0.25, 0.3) is 0 Å². The van der Waals surface area contributed by atoms with Crippen molar-refractivity contribution < 1.29 is 19.0 Å². The number of nitrogens with zero attached hydrogens (tertiary/aromatic N) is 1. The number of hydrogen-bond donors (Lipinski definition) is 0. The molecule has 140 valence electrons. The summed E-state index contributed by atoms with van der Waals surface area (Å²) >= 11 is 3.38. The van der Waals surface area contributed by atoms with Crippen LogP contribution in [0.4, 0.5) is 0 Å². The number of methoxy groups -OCH3 is 2. The van der Waals surface area contributed by atoms with E-state index in [4.69, 9.17) is 14.2 Å². The van der Waals surface area contributed by atoms with Crippen LogP contribution in [0.15, 0.2) is 40.9 Å². The highest BCUT2D eigenvalue weighted by Gasteiger charge is 2.20. The summed E-state index contributed by atoms with van der Waals surface area (Å²) in [5.41, 5.74) is 2.03. The second kappa shape index (κ2) is 8.94. The van der Waals surface area contributed by atoms with Gasteiger partial charge in [0.05, 0.1) is 14.2 Å². The first kappa shape index (κ1) is 20.1. The van der Waals surface area contributed by atoms with Crippen LogP contribution in [-0.2, 0) is 11.3 Å². The van der Waals surface area contributed by atoms with E-state index >= 15 is 0 Å². The predicted molar refractivity (Wildman–Crippen MR) is 105 cm³/mol. The first-order valence-electron chi connectivity index (χ1n) is 8.24. The molecule has 2 aromatic rings. The monoisotopic (exact) mass is 421 g/mol. The molecule has 2 rings (SSSR count). The molecule has 6 heteroatoms. The third-order valence-corrected chi connectivity index (χ3v) is 4.63. The summed E-state index contributed by atoms with van der Waals surface area (Å²) in [7, 11) is 4.97. The number of likely N-dealkylation sites (N-methyl/N-ethyl adjacent to an activating group) is 1. The SMILES string of the molecule is COc1cc(C)c(CN(C)C(=O)[C@@H](C)Oc2ccc(Br)cc2)cc1OC. The maximum absolute atomic E-state index is 12.6. The van der Waals surface area contributed by atoms with Gasteiger partial charge in [0, 0.05) is 18.1 Å². The zero-order valence-corrected chi connectivity index (χ0v) is 17.3. The molecular weight excluding hydrogens is 398 g/mol. The molecule has 1 amide bonds. The van der Waals surface area contributed by atoms with Crippen molar-refractivity contribution in [3.8, 4) is 17.2 Å². The minimum absolute atomic E-state index is 0.0953. The molecule has 0 aromatic heterocycles. The summed E-state index contributed by atoms with van der Waals surface area (Å²) in [5, 5.41) is 0. The number of benzene rings is 2. The fourth-order valence-electron chi connectivity index (χ4n) is 2.60. The fraction of sp³-hybridized carbons (Fsp3) is 0.350. The van der Waals surface area contributed by atoms with Crippen LogP contribution in [-0.4, -0.2) is 38.2 Å². The number of rotatable bonds is 7. The molecule has 26 heavy (non-hydrogen) atoms. The van der Waals surface area contributed by atoms with Gasteiger partial charge in [0.15, 0.2) is 17.6 Å². The Kier molecular flexibility index (Phi) is 6.91. The quantitative estimate of drug-likeness (QED) is 0.671. The molecule has 0 N–H and O–H groups in total. The maximum atomic E-state index is 12.6. The minimum Gasteiger partial charge on any atom is -0.493 e. The zero-order chi connectivity index (χ0) is 19.3. The Morgan fingerprint density at radius 3 is 2.27 bits per heavy atom. The Hall–Kier alpha value is -2.21. The summed E-state index contributed by atoms with van der Waals surface area (Å²) in [4.78, 5) is 14.3. The van der Waals surface area contributed by atoms with E-state index in [9.17, 15) is 4.79 Å². The van der Waals surface area contributed by atoms with Crippen molar-refractivity contribution in [3.05, 3.63) is 52.0 Å². The average Bonchev–Trinajstić information content (AvgIpc) is 2.63. The van der Waals surface area contributed by atoms with Gasteiger partial charge in [0.1, 0.15) is 5.75 Å². The molecule has 0 spiro atoms. The Morgan fingerprint density at radius 2 is 1.69 bits per heavy atom. The molecule has 0 heterocycles. The Morgan fingerprint density at radius 1 is 1.12 bits per heavy atom. The van der Waals surface area contributed by atoms with Crippen molar-refractivity contribution >= 4 is 21.8 Å². The lowest BCUT2D eigenvalue weighted by atomic mass is 10.1. The van der Waals surface area contributed by atoms with E-state index in [0.717, 1.165) is 15.6 Å². The van der Waals surface area contributed by atoms with E-state index in [0.29, 0.717) is 23.8 Å². The number of ether oxygens (including phenoxy) is 3. The lowest BCUT2D eigenvalue weighted by Gasteiger charge is -2.23. The molecule has 0 saturated heterocycles. The van der Waals surface area contributed by atoms with Crippen LogP contribution in [0.5, 0.6) is 17.2 Å². The number of amides is 1. The lowest BCUT2D eigenvalue weighted by Crippen LogP contribution is -2.37. The van der Waals surface area contributed by atoms with Crippen LogP contribution in [0.3, 0.4) is 0 Å². The van der Waals surface area contributed by atoms with Crippen molar-refractivity contribution in [2.75, 3.05) is 21.3 Å². The standard InChI is InChI=1S/C20H24BrNO4/c1-13-10-18(24-4)19(25-5)11-15(13)12-22(3)20(23)14(2)26-17-8-6-16(21)7-9-17/h6-11,14H,12H2,1-5H3/t14-/m1/s1. The molecule has 0 aliphatic heterocycles. The van der Waals surface area contributed by atoms with Crippen LogP contribution in [0.1, 0.15) is 18.1 Å². The van der Waals surface area contributed by atoms with Gasteiger partial charge in [-0.3, -0.25) is 4.79 Å². The second-order valence-electron chi connectivity index (χ2n) is 6.04. The molecular formula is C20H24BrNO4. The molecule has 0 bridgehead atoms. The first-order chi connectivity index (χ1) is 12.3. The van der Waals surface area contributed by atoms with E-state index in [1.54, 1.807) is 33.1 Å². The summed E-state index contributed by atoms with van der Waals surface area (Å²) in [6.07, 6.45) is -0.582. The molecule has 0 radical (unpaired) electrons. The molecule has 0 aliphatic carbocycles. The highest BCUT2D eigenvalue weighted by atomic mass is 79.9. The van der Waals surface area contributed by atoms with E-state index in [1.807, 2.05) is 43.3 Å². The molecule has 0 aliphatic rings. The van der Waals surface area contributed by atoms with Gasteiger partial charge in [0.2, 0.25) is 0 Å². The normalized spacial score (nSPS) is 11.6. The van der Waals surface area contributed by atoms with Gasteiger partial charge in [-0.15, -0.1) is 0 Å². The van der Waals surface area contributed by atoms with E-state index in [-0.39, 0.29) is 5.91 Å². The van der Waals surface area contributed by atoms with Crippen molar-refractivity contribution in [2.24, 2.45) is 0 Å². The fourth-order valence-corrected chi connectivity index (χ4v) is 2.87. The molecule has 1 atom stereocenters. The van der Waals surface area contributed by atoms with Crippen LogP contribution in [0.2, 0.25) is 0 Å². The molecule has 0 saturated carbocycles. The predicted octanol–water partition coefficient (Wildman–Crippen LogP) is 4.20. The van der Waals surface area contributed by atoms with Crippen LogP contribution in [0, 0.1) is 6.92 Å². The van der Waals surface area contributed by atoms with Crippen molar-refractivity contribution in [1.82, 2.24) is 4.90 Å².